The number of guanidine groups is 1. The monoisotopic (exact) mass is 363 g/mol. The Kier molecular flexibility index (Phi) is 4.44. The Bertz CT molecular complexity index is 323. The molecule has 1 saturated heterocycles. The van der Waals surface area contributed by atoms with Crippen LogP contribution in [0.4, 0.5) is 0 Å². The summed E-state index contributed by atoms with van der Waals surface area (Å²) in [5, 5.41) is 3.61. The second-order valence-corrected chi connectivity index (χ2v) is 6.39. The summed E-state index contributed by atoms with van der Waals surface area (Å²) in [5.41, 5.74) is 0.646. The molecule has 2 unspecified atom stereocenters. The summed E-state index contributed by atoms with van der Waals surface area (Å²) < 4.78 is 0. The molecule has 0 bridgehead atoms. The molecule has 1 heterocycles. The average molecular weight is 363 g/mol. The van der Waals surface area contributed by atoms with Crippen molar-refractivity contribution in [2.24, 2.45) is 16.3 Å². The molecule has 1 aliphatic heterocycles. The van der Waals surface area contributed by atoms with Gasteiger partial charge in [-0.05, 0) is 37.0 Å². The fraction of sp³-hybridized carbons (Fsp3) is 0.929. The van der Waals surface area contributed by atoms with E-state index >= 15 is 0 Å². The minimum Gasteiger partial charge on any atom is -0.353 e. The molecule has 2 aliphatic carbocycles. The largest absolute Gasteiger partial charge is 0.353 e. The number of aliphatic imine (C=N–C) groups is 1. The highest BCUT2D eigenvalue weighted by atomic mass is 127. The Balaban J connectivity index is 0.00000120. The number of hydrogen-bond acceptors (Lipinski definition) is 1. The lowest BCUT2D eigenvalue weighted by Gasteiger charge is -2.26. The van der Waals surface area contributed by atoms with Crippen LogP contribution in [0, 0.1) is 11.3 Å². The minimum atomic E-state index is 0. The average Bonchev–Trinajstić information content (AvgIpc) is 2.77. The zero-order chi connectivity index (χ0) is 11.9. The number of likely N-dealkylation sites (tertiary alicyclic amines) is 1. The Morgan fingerprint density at radius 3 is 2.50 bits per heavy atom. The summed E-state index contributed by atoms with van der Waals surface area (Å²) in [6.45, 7) is 4.77. The molecule has 0 aromatic rings. The third kappa shape index (κ3) is 2.78. The van der Waals surface area contributed by atoms with Crippen molar-refractivity contribution in [3.63, 3.8) is 0 Å². The van der Waals surface area contributed by atoms with Crippen LogP contribution in [-0.4, -0.2) is 37.0 Å². The number of halogens is 1. The first-order chi connectivity index (χ1) is 8.22. The highest BCUT2D eigenvalue weighted by Gasteiger charge is 2.42. The topological polar surface area (TPSA) is 27.6 Å². The molecule has 2 saturated carbocycles. The number of hydrogen-bond donors (Lipinski definition) is 1. The minimum absolute atomic E-state index is 0. The fourth-order valence-electron chi connectivity index (χ4n) is 3.64. The van der Waals surface area contributed by atoms with E-state index < -0.39 is 0 Å². The van der Waals surface area contributed by atoms with Gasteiger partial charge < -0.3 is 10.2 Å². The van der Waals surface area contributed by atoms with Crippen LogP contribution < -0.4 is 5.32 Å². The van der Waals surface area contributed by atoms with E-state index in [1.165, 1.54) is 51.6 Å². The van der Waals surface area contributed by atoms with Gasteiger partial charge in [-0.1, -0.05) is 19.8 Å². The summed E-state index contributed by atoms with van der Waals surface area (Å²) in [5.74, 6) is 2.00. The van der Waals surface area contributed by atoms with Crippen LogP contribution in [0.25, 0.3) is 0 Å². The van der Waals surface area contributed by atoms with Gasteiger partial charge in [0.15, 0.2) is 5.96 Å². The van der Waals surface area contributed by atoms with E-state index in [-0.39, 0.29) is 24.0 Å². The molecule has 4 heteroatoms. The maximum Gasteiger partial charge on any atom is 0.193 e. The van der Waals surface area contributed by atoms with Gasteiger partial charge >= 0.3 is 0 Å². The standard InChI is InChI=1S/C14H25N3.HI/c1-11-9-12(11)16-13(15-2)17-8-7-14(10-17)5-3-4-6-14;/h11-12H,3-10H2,1-2H3,(H,15,16);1H. The van der Waals surface area contributed by atoms with Crippen LogP contribution >= 0.6 is 24.0 Å². The van der Waals surface area contributed by atoms with Crippen molar-refractivity contribution in [1.82, 2.24) is 10.2 Å². The first-order valence-corrected chi connectivity index (χ1v) is 7.21. The zero-order valence-electron chi connectivity index (χ0n) is 11.6. The van der Waals surface area contributed by atoms with E-state index in [1.54, 1.807) is 0 Å². The lowest BCUT2D eigenvalue weighted by molar-refractivity contribution is 0.309. The van der Waals surface area contributed by atoms with E-state index in [4.69, 9.17) is 0 Å². The molecule has 3 aliphatic rings. The van der Waals surface area contributed by atoms with Gasteiger partial charge in [-0.15, -0.1) is 24.0 Å². The van der Waals surface area contributed by atoms with Crippen molar-refractivity contribution in [2.75, 3.05) is 20.1 Å². The van der Waals surface area contributed by atoms with E-state index in [0.29, 0.717) is 11.5 Å². The molecular formula is C14H26IN3. The molecule has 2 atom stereocenters. The highest BCUT2D eigenvalue weighted by Crippen LogP contribution is 2.45. The van der Waals surface area contributed by atoms with Crippen LogP contribution in [0.5, 0.6) is 0 Å². The van der Waals surface area contributed by atoms with Gasteiger partial charge in [-0.2, -0.15) is 0 Å². The van der Waals surface area contributed by atoms with Crippen LogP contribution in [0.1, 0.15) is 45.4 Å². The van der Waals surface area contributed by atoms with Crippen molar-refractivity contribution >= 4 is 29.9 Å². The maximum absolute atomic E-state index is 4.47. The first-order valence-electron chi connectivity index (χ1n) is 7.21. The fourth-order valence-corrected chi connectivity index (χ4v) is 3.64. The third-order valence-corrected chi connectivity index (χ3v) is 5.04. The number of nitrogens with one attached hydrogen (secondary N) is 1. The van der Waals surface area contributed by atoms with E-state index in [9.17, 15) is 0 Å². The molecule has 104 valence electrons. The van der Waals surface area contributed by atoms with E-state index in [2.05, 4.69) is 22.1 Å². The smallest absolute Gasteiger partial charge is 0.193 e. The Morgan fingerprint density at radius 1 is 1.28 bits per heavy atom. The molecule has 0 aromatic carbocycles. The van der Waals surface area contributed by atoms with Crippen molar-refractivity contribution in [3.8, 4) is 0 Å². The number of nitrogens with zero attached hydrogens (tertiary/aromatic N) is 2. The predicted molar refractivity (Wildman–Crippen MR) is 86.6 cm³/mol. The second kappa shape index (κ2) is 5.55. The molecule has 0 radical (unpaired) electrons. The van der Waals surface area contributed by atoms with Crippen molar-refractivity contribution in [1.29, 1.82) is 0 Å². The molecule has 18 heavy (non-hydrogen) atoms. The molecule has 3 rings (SSSR count). The SMILES string of the molecule is CN=C(NC1CC1C)N1CCC2(CCCC2)C1.I. The van der Waals surface area contributed by atoms with Crippen molar-refractivity contribution in [2.45, 2.75) is 51.5 Å². The van der Waals surface area contributed by atoms with Gasteiger partial charge in [0, 0.05) is 26.2 Å². The molecule has 0 amide bonds. The summed E-state index contributed by atoms with van der Waals surface area (Å²) >= 11 is 0. The third-order valence-electron chi connectivity index (χ3n) is 5.04. The van der Waals surface area contributed by atoms with Gasteiger partial charge in [0.25, 0.3) is 0 Å². The van der Waals surface area contributed by atoms with Crippen LogP contribution in [0.15, 0.2) is 4.99 Å². The Hall–Kier alpha value is 0. The summed E-state index contributed by atoms with van der Waals surface area (Å²) in [6.07, 6.45) is 8.48. The number of rotatable bonds is 1. The molecule has 3 nitrogen and oxygen atoms in total. The summed E-state index contributed by atoms with van der Waals surface area (Å²) in [6, 6.07) is 0.689. The zero-order valence-corrected chi connectivity index (χ0v) is 13.9. The molecular weight excluding hydrogens is 337 g/mol. The predicted octanol–water partition coefficient (Wildman–Crippen LogP) is 2.85. The van der Waals surface area contributed by atoms with E-state index in [0.717, 1.165) is 11.9 Å². The Labute approximate surface area is 128 Å². The first kappa shape index (κ1) is 14.4. The van der Waals surface area contributed by atoms with Crippen molar-refractivity contribution in [3.05, 3.63) is 0 Å². The summed E-state index contributed by atoms with van der Waals surface area (Å²) in [7, 11) is 1.93. The van der Waals surface area contributed by atoms with Crippen LogP contribution in [-0.2, 0) is 0 Å². The lowest BCUT2D eigenvalue weighted by Crippen LogP contribution is -2.42. The van der Waals surface area contributed by atoms with Gasteiger partial charge in [0.2, 0.25) is 0 Å². The van der Waals surface area contributed by atoms with Crippen LogP contribution in [0.2, 0.25) is 0 Å². The molecule has 1 spiro atoms. The van der Waals surface area contributed by atoms with Gasteiger partial charge in [0.05, 0.1) is 0 Å². The maximum atomic E-state index is 4.47. The highest BCUT2D eigenvalue weighted by molar-refractivity contribution is 14.0. The van der Waals surface area contributed by atoms with Crippen molar-refractivity contribution < 1.29 is 0 Å². The van der Waals surface area contributed by atoms with Crippen LogP contribution in [0.3, 0.4) is 0 Å². The second-order valence-electron chi connectivity index (χ2n) is 6.39. The normalized spacial score (nSPS) is 33.7. The lowest BCUT2D eigenvalue weighted by atomic mass is 9.86. The Morgan fingerprint density at radius 2 is 1.94 bits per heavy atom. The van der Waals surface area contributed by atoms with Gasteiger partial charge in [-0.3, -0.25) is 4.99 Å². The quantitative estimate of drug-likeness (QED) is 0.441. The molecule has 0 aromatic heterocycles. The molecule has 1 N–H and O–H groups in total. The van der Waals surface area contributed by atoms with E-state index in [1.807, 2.05) is 7.05 Å². The summed E-state index contributed by atoms with van der Waals surface area (Å²) in [4.78, 5) is 6.97. The van der Waals surface area contributed by atoms with Gasteiger partial charge in [-0.25, -0.2) is 0 Å². The molecule has 3 fully saturated rings. The van der Waals surface area contributed by atoms with Gasteiger partial charge in [0.1, 0.15) is 0 Å².